The smallest absolute Gasteiger partial charge is 0.313 e. The van der Waals surface area contributed by atoms with Gasteiger partial charge in [-0.05, 0) is 12.1 Å². The third kappa shape index (κ3) is 8.34. The fraction of sp³-hybridized carbons (Fsp3) is 0.417. The number of hydrogen-bond acceptors (Lipinski definition) is 11. The number of non-ortho nitro benzene ring substituents is 1. The summed E-state index contributed by atoms with van der Waals surface area (Å²) in [6.07, 6.45) is -1.58. The second-order valence-corrected chi connectivity index (χ2v) is 4.52. The topological polar surface area (TPSA) is 183 Å². The van der Waals surface area contributed by atoms with Gasteiger partial charge in [0.25, 0.3) is 15.9 Å². The lowest BCUT2D eigenvalue weighted by molar-refractivity contribution is -0.790. The van der Waals surface area contributed by atoms with Crippen LogP contribution >= 0.6 is 0 Å². The van der Waals surface area contributed by atoms with Crippen molar-refractivity contribution < 1.29 is 39.0 Å². The van der Waals surface area contributed by atoms with E-state index in [0.29, 0.717) is 0 Å². The van der Waals surface area contributed by atoms with E-state index in [0.717, 1.165) is 12.1 Å². The van der Waals surface area contributed by atoms with Crippen LogP contribution in [-0.2, 0) is 19.2 Å². The van der Waals surface area contributed by atoms with Crippen molar-refractivity contribution >= 4 is 11.7 Å². The van der Waals surface area contributed by atoms with Gasteiger partial charge in [-0.15, -0.1) is 20.2 Å². The van der Waals surface area contributed by atoms with E-state index in [4.69, 9.17) is 9.47 Å². The fourth-order valence-corrected chi connectivity index (χ4v) is 1.56. The van der Waals surface area contributed by atoms with Gasteiger partial charge in [0.2, 0.25) is 0 Å². The maximum Gasteiger partial charge on any atom is 0.313 e. The van der Waals surface area contributed by atoms with Gasteiger partial charge in [0, 0.05) is 12.1 Å². The molecule has 1 aromatic rings. The van der Waals surface area contributed by atoms with Crippen LogP contribution in [0.5, 0.6) is 5.75 Å². The highest BCUT2D eigenvalue weighted by molar-refractivity contribution is 5.72. The normalized spacial score (nSPS) is 11.2. The summed E-state index contributed by atoms with van der Waals surface area (Å²) >= 11 is 0. The van der Waals surface area contributed by atoms with Crippen LogP contribution in [0.15, 0.2) is 24.3 Å². The Kier molecular flexibility index (Phi) is 8.15. The summed E-state index contributed by atoms with van der Waals surface area (Å²) in [6, 6.07) is 4.81. The molecule has 1 rings (SSSR count). The van der Waals surface area contributed by atoms with E-state index in [9.17, 15) is 35.1 Å². The lowest BCUT2D eigenvalue weighted by atomic mass is 10.3. The van der Waals surface area contributed by atoms with E-state index in [1.807, 2.05) is 0 Å². The molecule has 1 atom stereocenters. The molecule has 0 aliphatic rings. The SMILES string of the molecule is O=C(CCOCC(CO[N+](=O)[O-])O[N+](=O)[O-])Oc1ccc([N+](=O)[O-])cc1. The van der Waals surface area contributed by atoms with Crippen LogP contribution in [0.4, 0.5) is 5.69 Å². The highest BCUT2D eigenvalue weighted by atomic mass is 17.0. The van der Waals surface area contributed by atoms with Gasteiger partial charge in [-0.1, -0.05) is 0 Å². The fourth-order valence-electron chi connectivity index (χ4n) is 1.56. The molecule has 0 saturated heterocycles. The van der Waals surface area contributed by atoms with Gasteiger partial charge in [-0.3, -0.25) is 14.9 Å². The zero-order valence-electron chi connectivity index (χ0n) is 13.0. The predicted molar refractivity (Wildman–Crippen MR) is 79.0 cm³/mol. The monoisotopic (exact) mass is 375 g/mol. The summed E-state index contributed by atoms with van der Waals surface area (Å²) in [5.41, 5.74) is -0.165. The molecular weight excluding hydrogens is 362 g/mol. The number of esters is 1. The molecular formula is C12H13N3O11. The Morgan fingerprint density at radius 1 is 1.00 bits per heavy atom. The Morgan fingerprint density at radius 3 is 2.19 bits per heavy atom. The summed E-state index contributed by atoms with van der Waals surface area (Å²) < 4.78 is 9.87. The third-order valence-corrected chi connectivity index (χ3v) is 2.63. The third-order valence-electron chi connectivity index (χ3n) is 2.63. The summed E-state index contributed by atoms with van der Waals surface area (Å²) in [6.45, 7) is -1.36. The second-order valence-electron chi connectivity index (χ2n) is 4.52. The van der Waals surface area contributed by atoms with Crippen molar-refractivity contribution in [2.45, 2.75) is 12.5 Å². The van der Waals surface area contributed by atoms with Gasteiger partial charge in [-0.25, -0.2) is 0 Å². The number of nitrogens with zero attached hydrogens (tertiary/aromatic N) is 3. The molecule has 1 unspecified atom stereocenters. The quantitative estimate of drug-likeness (QED) is 0.164. The largest absolute Gasteiger partial charge is 0.426 e. The maximum absolute atomic E-state index is 11.6. The highest BCUT2D eigenvalue weighted by Crippen LogP contribution is 2.17. The molecule has 1 aromatic carbocycles. The standard InChI is InChI=1S/C12H13N3O11/c16-12(25-10-3-1-9(2-4-10)13(17)18)5-6-23-7-11(26-15(21)22)8-24-14(19)20/h1-4,11H,5-8H2. The number of carbonyl (C=O) groups excluding carboxylic acids is 1. The van der Waals surface area contributed by atoms with Crippen LogP contribution < -0.4 is 4.74 Å². The maximum atomic E-state index is 11.6. The predicted octanol–water partition coefficient (Wildman–Crippen LogP) is 0.692. The number of hydrogen-bond donors (Lipinski definition) is 0. The Hall–Kier alpha value is -3.55. The average Bonchev–Trinajstić information content (AvgIpc) is 2.56. The molecule has 0 bridgehead atoms. The number of nitro benzene ring substituents is 1. The summed E-state index contributed by atoms with van der Waals surface area (Å²) in [5.74, 6) is -0.623. The highest BCUT2D eigenvalue weighted by Gasteiger charge is 2.16. The van der Waals surface area contributed by atoms with E-state index in [1.165, 1.54) is 12.1 Å². The van der Waals surface area contributed by atoms with Gasteiger partial charge in [-0.2, -0.15) is 0 Å². The van der Waals surface area contributed by atoms with Crippen LogP contribution in [0.2, 0.25) is 0 Å². The summed E-state index contributed by atoms with van der Waals surface area (Å²) in [4.78, 5) is 49.9. The Balaban J connectivity index is 2.33. The lowest BCUT2D eigenvalue weighted by Gasteiger charge is -2.13. The van der Waals surface area contributed by atoms with Gasteiger partial charge in [0.1, 0.15) is 12.4 Å². The van der Waals surface area contributed by atoms with Crippen molar-refractivity contribution in [3.63, 3.8) is 0 Å². The van der Waals surface area contributed by atoms with E-state index < -0.39 is 40.4 Å². The van der Waals surface area contributed by atoms with Gasteiger partial charge in [0.15, 0.2) is 6.10 Å². The number of benzene rings is 1. The number of ether oxygens (including phenoxy) is 2. The zero-order valence-corrected chi connectivity index (χ0v) is 13.0. The summed E-state index contributed by atoms with van der Waals surface area (Å²) in [7, 11) is 0. The first-order valence-corrected chi connectivity index (χ1v) is 6.89. The Bertz CT molecular complexity index is 648. The first-order chi connectivity index (χ1) is 12.3. The molecule has 0 spiro atoms. The van der Waals surface area contributed by atoms with Crippen molar-refractivity contribution in [2.75, 3.05) is 19.8 Å². The van der Waals surface area contributed by atoms with Gasteiger partial charge in [0.05, 0.1) is 24.6 Å². The van der Waals surface area contributed by atoms with Crippen LogP contribution in [0, 0.1) is 30.3 Å². The molecule has 14 nitrogen and oxygen atoms in total. The Morgan fingerprint density at radius 2 is 1.65 bits per heavy atom. The molecule has 0 heterocycles. The molecule has 0 amide bonds. The van der Waals surface area contributed by atoms with E-state index in [2.05, 4.69) is 9.68 Å². The first kappa shape index (κ1) is 20.5. The molecule has 0 N–H and O–H groups in total. The molecule has 0 aliphatic carbocycles. The molecule has 0 aromatic heterocycles. The van der Waals surface area contributed by atoms with E-state index in [1.54, 1.807) is 0 Å². The van der Waals surface area contributed by atoms with Crippen molar-refractivity contribution in [1.29, 1.82) is 0 Å². The molecule has 0 aliphatic heterocycles. The number of carbonyl (C=O) groups is 1. The second kappa shape index (κ2) is 10.3. The number of rotatable bonds is 12. The molecule has 0 radical (unpaired) electrons. The summed E-state index contributed by atoms with van der Waals surface area (Å²) in [5, 5.41) is 28.5. The van der Waals surface area contributed by atoms with Crippen LogP contribution in [-0.4, -0.2) is 47.0 Å². The molecule has 0 fully saturated rings. The molecule has 142 valence electrons. The van der Waals surface area contributed by atoms with Crippen LogP contribution in [0.1, 0.15) is 6.42 Å². The molecule has 26 heavy (non-hydrogen) atoms. The number of nitro groups is 1. The minimum Gasteiger partial charge on any atom is -0.426 e. The minimum atomic E-state index is -1.35. The van der Waals surface area contributed by atoms with Crippen molar-refractivity contribution in [2.24, 2.45) is 0 Å². The zero-order chi connectivity index (χ0) is 19.5. The van der Waals surface area contributed by atoms with Crippen molar-refractivity contribution in [3.8, 4) is 5.75 Å². The van der Waals surface area contributed by atoms with E-state index in [-0.39, 0.29) is 24.5 Å². The van der Waals surface area contributed by atoms with Crippen molar-refractivity contribution in [1.82, 2.24) is 0 Å². The van der Waals surface area contributed by atoms with Crippen molar-refractivity contribution in [3.05, 3.63) is 54.6 Å². The van der Waals surface area contributed by atoms with Gasteiger partial charge < -0.3 is 19.1 Å². The lowest BCUT2D eigenvalue weighted by Crippen LogP contribution is -2.29. The minimum absolute atomic E-state index is 0.0922. The molecule has 0 saturated carbocycles. The van der Waals surface area contributed by atoms with E-state index >= 15 is 0 Å². The molecule has 14 heteroatoms. The average molecular weight is 375 g/mol. The van der Waals surface area contributed by atoms with Crippen LogP contribution in [0.25, 0.3) is 0 Å². The van der Waals surface area contributed by atoms with Crippen LogP contribution in [0.3, 0.4) is 0 Å². The Labute approximate surface area is 144 Å². The first-order valence-electron chi connectivity index (χ1n) is 6.89. The van der Waals surface area contributed by atoms with Gasteiger partial charge >= 0.3 is 5.97 Å².